The molecule has 0 spiro atoms. The summed E-state index contributed by atoms with van der Waals surface area (Å²) in [7, 11) is 3.21. The number of amides is 1. The van der Waals surface area contributed by atoms with Crippen LogP contribution in [0, 0.1) is 0 Å². The van der Waals surface area contributed by atoms with E-state index in [9.17, 15) is 9.59 Å². The predicted octanol–water partition coefficient (Wildman–Crippen LogP) is 1.76. The van der Waals surface area contributed by atoms with Crippen LogP contribution in [-0.2, 0) is 0 Å². The lowest BCUT2D eigenvalue weighted by Crippen LogP contribution is -2.32. The molecule has 1 atom stereocenters. The highest BCUT2D eigenvalue weighted by Gasteiger charge is 2.33. The summed E-state index contributed by atoms with van der Waals surface area (Å²) in [6, 6.07) is 8.20. The Kier molecular flexibility index (Phi) is 4.50. The minimum atomic E-state index is -0.334. The summed E-state index contributed by atoms with van der Waals surface area (Å²) in [6.07, 6.45) is 1.72. The van der Waals surface area contributed by atoms with Gasteiger partial charge in [0.1, 0.15) is 17.2 Å². The molecule has 24 heavy (non-hydrogen) atoms. The number of nitrogens with zero attached hydrogens (tertiary/aromatic N) is 2. The zero-order valence-corrected chi connectivity index (χ0v) is 13.6. The van der Waals surface area contributed by atoms with E-state index in [-0.39, 0.29) is 23.2 Å². The molecule has 0 radical (unpaired) electrons. The van der Waals surface area contributed by atoms with Gasteiger partial charge in [-0.15, -0.1) is 0 Å². The summed E-state index contributed by atoms with van der Waals surface area (Å²) in [6.45, 7) is 0.630. The standard InChI is InChI=1S/C17H19N3O4/c1-23-11-5-7-15(24-2)12(10-11)14-4-3-9-20(14)17(22)13-6-8-16(21)19-18-13/h5-8,10,14H,3-4,9H2,1-2H3,(H,19,21)/t14-/m0/s1. The number of aromatic nitrogens is 2. The fourth-order valence-corrected chi connectivity index (χ4v) is 3.04. The number of aromatic amines is 1. The highest BCUT2D eigenvalue weighted by Crippen LogP contribution is 2.39. The van der Waals surface area contributed by atoms with Gasteiger partial charge in [0.15, 0.2) is 0 Å². The Bertz CT molecular complexity index is 782. The maximum absolute atomic E-state index is 12.8. The van der Waals surface area contributed by atoms with Crippen molar-refractivity contribution >= 4 is 5.91 Å². The van der Waals surface area contributed by atoms with Crippen LogP contribution in [0.15, 0.2) is 35.1 Å². The molecule has 0 saturated carbocycles. The summed E-state index contributed by atoms with van der Waals surface area (Å²) in [5.74, 6) is 1.22. The fourth-order valence-electron chi connectivity index (χ4n) is 3.04. The molecule has 1 N–H and O–H groups in total. The minimum absolute atomic E-state index is 0.115. The van der Waals surface area contributed by atoms with Gasteiger partial charge in [-0.1, -0.05) is 0 Å². The number of likely N-dealkylation sites (tertiary alicyclic amines) is 1. The largest absolute Gasteiger partial charge is 0.497 e. The van der Waals surface area contributed by atoms with E-state index in [4.69, 9.17) is 9.47 Å². The average molecular weight is 329 g/mol. The van der Waals surface area contributed by atoms with Crippen LogP contribution in [-0.4, -0.2) is 41.8 Å². The summed E-state index contributed by atoms with van der Waals surface area (Å²) in [4.78, 5) is 25.7. The van der Waals surface area contributed by atoms with Gasteiger partial charge < -0.3 is 14.4 Å². The van der Waals surface area contributed by atoms with Crippen molar-refractivity contribution in [2.24, 2.45) is 0 Å². The van der Waals surface area contributed by atoms with Crippen molar-refractivity contribution in [3.8, 4) is 11.5 Å². The maximum atomic E-state index is 12.8. The number of methoxy groups -OCH3 is 2. The first-order valence-corrected chi connectivity index (χ1v) is 7.72. The number of H-pyrrole nitrogens is 1. The van der Waals surface area contributed by atoms with Gasteiger partial charge in [-0.3, -0.25) is 9.59 Å². The SMILES string of the molecule is COc1ccc(OC)c([C@@H]2CCCN2C(=O)c2ccc(=O)[nH]n2)c1. The first-order chi connectivity index (χ1) is 11.6. The molecule has 0 unspecified atom stereocenters. The van der Waals surface area contributed by atoms with E-state index in [1.54, 1.807) is 19.1 Å². The van der Waals surface area contributed by atoms with Gasteiger partial charge in [-0.2, -0.15) is 5.10 Å². The van der Waals surface area contributed by atoms with Gasteiger partial charge in [0.25, 0.3) is 11.5 Å². The lowest BCUT2D eigenvalue weighted by Gasteiger charge is -2.26. The second-order valence-corrected chi connectivity index (χ2v) is 5.57. The second kappa shape index (κ2) is 6.74. The van der Waals surface area contributed by atoms with Crippen LogP contribution in [0.4, 0.5) is 0 Å². The van der Waals surface area contributed by atoms with E-state index in [0.717, 1.165) is 24.2 Å². The number of hydrogen-bond donors (Lipinski definition) is 1. The van der Waals surface area contributed by atoms with E-state index in [1.807, 2.05) is 18.2 Å². The van der Waals surface area contributed by atoms with Crippen molar-refractivity contribution in [1.29, 1.82) is 0 Å². The van der Waals surface area contributed by atoms with Gasteiger partial charge in [0.05, 0.1) is 20.3 Å². The Morgan fingerprint density at radius 2 is 2.08 bits per heavy atom. The molecule has 1 amide bonds. The van der Waals surface area contributed by atoms with Crippen LogP contribution < -0.4 is 15.0 Å². The minimum Gasteiger partial charge on any atom is -0.497 e. The van der Waals surface area contributed by atoms with Crippen molar-refractivity contribution in [2.45, 2.75) is 18.9 Å². The smallest absolute Gasteiger partial charge is 0.274 e. The van der Waals surface area contributed by atoms with E-state index in [2.05, 4.69) is 10.2 Å². The van der Waals surface area contributed by atoms with E-state index < -0.39 is 0 Å². The summed E-state index contributed by atoms with van der Waals surface area (Å²) in [5.41, 5.74) is 0.800. The second-order valence-electron chi connectivity index (χ2n) is 5.57. The third-order valence-corrected chi connectivity index (χ3v) is 4.21. The first-order valence-electron chi connectivity index (χ1n) is 7.72. The molecule has 126 valence electrons. The molecule has 0 aliphatic carbocycles. The van der Waals surface area contributed by atoms with Gasteiger partial charge in [-0.25, -0.2) is 5.10 Å². The summed E-state index contributed by atoms with van der Waals surface area (Å²) < 4.78 is 10.7. The molecule has 2 aromatic rings. The zero-order chi connectivity index (χ0) is 17.1. The Morgan fingerprint density at radius 3 is 2.75 bits per heavy atom. The Labute approximate surface area is 139 Å². The van der Waals surface area contributed by atoms with Gasteiger partial charge >= 0.3 is 0 Å². The first kappa shape index (κ1) is 16.0. The van der Waals surface area contributed by atoms with Crippen molar-refractivity contribution in [2.75, 3.05) is 20.8 Å². The van der Waals surface area contributed by atoms with Crippen LogP contribution in [0.2, 0.25) is 0 Å². The van der Waals surface area contributed by atoms with E-state index >= 15 is 0 Å². The Hall–Kier alpha value is -2.83. The third-order valence-electron chi connectivity index (χ3n) is 4.21. The van der Waals surface area contributed by atoms with Gasteiger partial charge in [-0.05, 0) is 37.1 Å². The number of hydrogen-bond acceptors (Lipinski definition) is 5. The quantitative estimate of drug-likeness (QED) is 0.924. The molecule has 1 aromatic carbocycles. The van der Waals surface area contributed by atoms with Crippen molar-refractivity contribution in [3.63, 3.8) is 0 Å². The number of ether oxygens (including phenoxy) is 2. The van der Waals surface area contributed by atoms with Crippen LogP contribution in [0.5, 0.6) is 11.5 Å². The molecule has 1 aromatic heterocycles. The Morgan fingerprint density at radius 1 is 1.25 bits per heavy atom. The van der Waals surface area contributed by atoms with Gasteiger partial charge in [0, 0.05) is 18.2 Å². The topological polar surface area (TPSA) is 84.5 Å². The zero-order valence-electron chi connectivity index (χ0n) is 13.6. The molecule has 1 fully saturated rings. The molecule has 0 bridgehead atoms. The normalized spacial score (nSPS) is 16.9. The van der Waals surface area contributed by atoms with Crippen molar-refractivity contribution in [1.82, 2.24) is 15.1 Å². The number of nitrogens with one attached hydrogen (secondary N) is 1. The predicted molar refractivity (Wildman–Crippen MR) is 87.4 cm³/mol. The molecule has 1 aliphatic heterocycles. The van der Waals surface area contributed by atoms with Crippen LogP contribution >= 0.6 is 0 Å². The molecular formula is C17H19N3O4. The number of carbonyl (C=O) groups is 1. The van der Waals surface area contributed by atoms with Crippen molar-refractivity contribution < 1.29 is 14.3 Å². The van der Waals surface area contributed by atoms with Crippen molar-refractivity contribution in [3.05, 3.63) is 51.9 Å². The summed E-state index contributed by atoms with van der Waals surface area (Å²) >= 11 is 0. The van der Waals surface area contributed by atoms with E-state index in [1.165, 1.54) is 12.1 Å². The molecule has 2 heterocycles. The molecule has 1 saturated heterocycles. The number of benzene rings is 1. The number of rotatable bonds is 4. The number of carbonyl (C=O) groups excluding carboxylic acids is 1. The molecule has 7 heteroatoms. The third kappa shape index (κ3) is 2.97. The van der Waals surface area contributed by atoms with E-state index in [0.29, 0.717) is 12.3 Å². The Balaban J connectivity index is 1.94. The van der Waals surface area contributed by atoms with Gasteiger partial charge in [0.2, 0.25) is 0 Å². The maximum Gasteiger partial charge on any atom is 0.274 e. The van der Waals surface area contributed by atoms with Crippen LogP contribution in [0.1, 0.15) is 34.9 Å². The highest BCUT2D eigenvalue weighted by atomic mass is 16.5. The molecule has 7 nitrogen and oxygen atoms in total. The molecule has 3 rings (SSSR count). The monoisotopic (exact) mass is 329 g/mol. The summed E-state index contributed by atoms with van der Waals surface area (Å²) in [5, 5.41) is 6.14. The molecular weight excluding hydrogens is 310 g/mol. The fraction of sp³-hybridized carbons (Fsp3) is 0.353. The lowest BCUT2D eigenvalue weighted by molar-refractivity contribution is 0.0726. The highest BCUT2D eigenvalue weighted by molar-refractivity contribution is 5.92. The van der Waals surface area contributed by atoms with Crippen LogP contribution in [0.3, 0.4) is 0 Å². The van der Waals surface area contributed by atoms with Crippen LogP contribution in [0.25, 0.3) is 0 Å². The lowest BCUT2D eigenvalue weighted by atomic mass is 10.0. The molecule has 1 aliphatic rings. The average Bonchev–Trinajstić information content (AvgIpc) is 3.10.